The topological polar surface area (TPSA) is 12.5 Å². The highest BCUT2D eigenvalue weighted by molar-refractivity contribution is 9.09. The van der Waals surface area contributed by atoms with Crippen LogP contribution in [0.15, 0.2) is 0 Å². The quantitative estimate of drug-likeness (QED) is 0.738. The first-order valence-electron chi connectivity index (χ1n) is 7.05. The van der Waals surface area contributed by atoms with Crippen molar-refractivity contribution < 1.29 is 4.74 Å². The van der Waals surface area contributed by atoms with Gasteiger partial charge in [0.2, 0.25) is 0 Å². The van der Waals surface area contributed by atoms with Crippen LogP contribution in [0, 0.1) is 5.92 Å². The third kappa shape index (κ3) is 4.22. The van der Waals surface area contributed by atoms with E-state index in [0.29, 0.717) is 6.10 Å². The van der Waals surface area contributed by atoms with Crippen molar-refractivity contribution in [2.75, 3.05) is 25.0 Å². The van der Waals surface area contributed by atoms with Gasteiger partial charge in [0.15, 0.2) is 0 Å². The highest BCUT2D eigenvalue weighted by Crippen LogP contribution is 2.30. The highest BCUT2D eigenvalue weighted by Gasteiger charge is 2.33. The fourth-order valence-corrected chi connectivity index (χ4v) is 3.85. The molecule has 2 nitrogen and oxygen atoms in total. The fraction of sp³-hybridized carbons (Fsp3) is 1.00. The van der Waals surface area contributed by atoms with Crippen molar-refractivity contribution in [3.05, 3.63) is 0 Å². The molecule has 100 valence electrons. The van der Waals surface area contributed by atoms with E-state index in [1.54, 1.807) is 0 Å². The lowest BCUT2D eigenvalue weighted by atomic mass is 9.95. The summed E-state index contributed by atoms with van der Waals surface area (Å²) in [6.07, 6.45) is 7.05. The van der Waals surface area contributed by atoms with Crippen molar-refractivity contribution in [3.63, 3.8) is 0 Å². The zero-order chi connectivity index (χ0) is 12.3. The van der Waals surface area contributed by atoms with Crippen LogP contribution in [0.2, 0.25) is 0 Å². The molecule has 2 aliphatic rings. The molecule has 0 N–H and O–H groups in total. The molecule has 2 unspecified atom stereocenters. The van der Waals surface area contributed by atoms with Gasteiger partial charge in [0.1, 0.15) is 0 Å². The third-order valence-electron chi connectivity index (χ3n) is 4.14. The van der Waals surface area contributed by atoms with Crippen LogP contribution in [-0.4, -0.2) is 41.6 Å². The Balaban J connectivity index is 1.75. The number of rotatable bonds is 4. The zero-order valence-electron chi connectivity index (χ0n) is 11.3. The van der Waals surface area contributed by atoms with Gasteiger partial charge in [-0.05, 0) is 58.4 Å². The molecule has 2 heterocycles. The van der Waals surface area contributed by atoms with E-state index in [4.69, 9.17) is 4.74 Å². The molecule has 0 aliphatic carbocycles. The summed E-state index contributed by atoms with van der Waals surface area (Å²) < 4.78 is 6.10. The zero-order valence-corrected chi connectivity index (χ0v) is 12.8. The standard InChI is InChI=1S/C14H26BrNO/c1-14(2)7-5-13(17-14)11-16-9-3-4-12(10-16)6-8-15/h12-13H,3-11H2,1-2H3. The number of halogens is 1. The Morgan fingerprint density at radius 2 is 2.18 bits per heavy atom. The fourth-order valence-electron chi connectivity index (χ4n) is 3.20. The summed E-state index contributed by atoms with van der Waals surface area (Å²) in [5.41, 5.74) is 0.121. The lowest BCUT2D eigenvalue weighted by molar-refractivity contribution is -0.0329. The maximum absolute atomic E-state index is 6.10. The van der Waals surface area contributed by atoms with Gasteiger partial charge in [-0.1, -0.05) is 15.9 Å². The molecule has 3 heteroatoms. The summed E-state index contributed by atoms with van der Waals surface area (Å²) in [5.74, 6) is 0.900. The minimum atomic E-state index is 0.121. The number of hydrogen-bond donors (Lipinski definition) is 0. The summed E-state index contributed by atoms with van der Waals surface area (Å²) in [4.78, 5) is 2.63. The van der Waals surface area contributed by atoms with Crippen LogP contribution in [0.3, 0.4) is 0 Å². The van der Waals surface area contributed by atoms with Gasteiger partial charge in [0.25, 0.3) is 0 Å². The second kappa shape index (κ2) is 6.03. The van der Waals surface area contributed by atoms with Crippen molar-refractivity contribution >= 4 is 15.9 Å². The number of ether oxygens (including phenoxy) is 1. The Bertz CT molecular complexity index is 242. The molecule has 0 radical (unpaired) electrons. The molecular weight excluding hydrogens is 278 g/mol. The molecule has 2 atom stereocenters. The van der Waals surface area contributed by atoms with Crippen LogP contribution in [0.5, 0.6) is 0 Å². The Kier molecular flexibility index (Phi) is 4.90. The normalized spacial score (nSPS) is 34.1. The van der Waals surface area contributed by atoms with Gasteiger partial charge in [-0.3, -0.25) is 0 Å². The Labute approximate surface area is 114 Å². The molecule has 2 aliphatic heterocycles. The lowest BCUT2D eigenvalue weighted by Gasteiger charge is -2.34. The number of nitrogens with zero attached hydrogens (tertiary/aromatic N) is 1. The highest BCUT2D eigenvalue weighted by atomic mass is 79.9. The molecule has 0 aromatic heterocycles. The monoisotopic (exact) mass is 303 g/mol. The van der Waals surface area contributed by atoms with Crippen molar-refractivity contribution in [1.82, 2.24) is 4.90 Å². The average Bonchev–Trinajstić information content (AvgIpc) is 2.59. The lowest BCUT2D eigenvalue weighted by Crippen LogP contribution is -2.40. The van der Waals surface area contributed by atoms with Gasteiger partial charge < -0.3 is 9.64 Å². The van der Waals surface area contributed by atoms with E-state index in [1.165, 1.54) is 45.2 Å². The summed E-state index contributed by atoms with van der Waals surface area (Å²) >= 11 is 3.56. The van der Waals surface area contributed by atoms with Crippen molar-refractivity contribution in [1.29, 1.82) is 0 Å². The predicted molar refractivity (Wildman–Crippen MR) is 75.8 cm³/mol. The molecule has 2 fully saturated rings. The maximum Gasteiger partial charge on any atom is 0.0710 e. The van der Waals surface area contributed by atoms with Gasteiger partial charge in [-0.15, -0.1) is 0 Å². The molecule has 0 aromatic carbocycles. The minimum absolute atomic E-state index is 0.121. The van der Waals surface area contributed by atoms with E-state index in [-0.39, 0.29) is 5.60 Å². The van der Waals surface area contributed by atoms with Crippen LogP contribution >= 0.6 is 15.9 Å². The van der Waals surface area contributed by atoms with E-state index in [1.807, 2.05) is 0 Å². The van der Waals surface area contributed by atoms with E-state index >= 15 is 0 Å². The van der Waals surface area contributed by atoms with Crippen LogP contribution in [0.25, 0.3) is 0 Å². The minimum Gasteiger partial charge on any atom is -0.371 e. The molecular formula is C14H26BrNO. The molecule has 0 saturated carbocycles. The maximum atomic E-state index is 6.10. The largest absolute Gasteiger partial charge is 0.371 e. The van der Waals surface area contributed by atoms with Crippen LogP contribution in [-0.2, 0) is 4.74 Å². The molecule has 2 saturated heterocycles. The molecule has 0 bridgehead atoms. The van der Waals surface area contributed by atoms with Crippen molar-refractivity contribution in [3.8, 4) is 0 Å². The molecule has 17 heavy (non-hydrogen) atoms. The smallest absolute Gasteiger partial charge is 0.0710 e. The van der Waals surface area contributed by atoms with Crippen molar-refractivity contribution in [2.24, 2.45) is 5.92 Å². The Hall–Kier alpha value is 0.400. The molecule has 0 spiro atoms. The number of likely N-dealkylation sites (tertiary alicyclic amines) is 1. The summed E-state index contributed by atoms with van der Waals surface area (Å²) in [6, 6.07) is 0. The first-order valence-corrected chi connectivity index (χ1v) is 8.17. The second-order valence-corrected chi connectivity index (χ2v) is 7.08. The van der Waals surface area contributed by atoms with Gasteiger partial charge in [-0.25, -0.2) is 0 Å². The van der Waals surface area contributed by atoms with Gasteiger partial charge in [0, 0.05) is 18.4 Å². The summed E-state index contributed by atoms with van der Waals surface area (Å²) in [7, 11) is 0. The Morgan fingerprint density at radius 1 is 1.35 bits per heavy atom. The van der Waals surface area contributed by atoms with E-state index in [9.17, 15) is 0 Å². The summed E-state index contributed by atoms with van der Waals surface area (Å²) in [6.45, 7) is 8.15. The van der Waals surface area contributed by atoms with E-state index in [2.05, 4.69) is 34.7 Å². The summed E-state index contributed by atoms with van der Waals surface area (Å²) in [5, 5.41) is 1.15. The molecule has 2 rings (SSSR count). The molecule has 0 aromatic rings. The van der Waals surface area contributed by atoms with Crippen molar-refractivity contribution in [2.45, 2.75) is 57.7 Å². The van der Waals surface area contributed by atoms with Gasteiger partial charge in [-0.2, -0.15) is 0 Å². The third-order valence-corrected chi connectivity index (χ3v) is 4.59. The van der Waals surface area contributed by atoms with E-state index < -0.39 is 0 Å². The molecule has 0 amide bonds. The first-order chi connectivity index (χ1) is 8.09. The van der Waals surface area contributed by atoms with Crippen LogP contribution in [0.1, 0.15) is 46.0 Å². The predicted octanol–water partition coefficient (Wildman–Crippen LogP) is 3.44. The van der Waals surface area contributed by atoms with Crippen LogP contribution < -0.4 is 0 Å². The Morgan fingerprint density at radius 3 is 2.82 bits per heavy atom. The van der Waals surface area contributed by atoms with E-state index in [0.717, 1.165) is 17.8 Å². The first kappa shape index (κ1) is 13.8. The second-order valence-electron chi connectivity index (χ2n) is 6.28. The van der Waals surface area contributed by atoms with Gasteiger partial charge in [0.05, 0.1) is 11.7 Å². The number of piperidine rings is 1. The SMILES string of the molecule is CC1(C)CCC(CN2CCCC(CCBr)C2)O1. The average molecular weight is 304 g/mol. The number of alkyl halides is 1. The number of hydrogen-bond acceptors (Lipinski definition) is 2. The van der Waals surface area contributed by atoms with Gasteiger partial charge >= 0.3 is 0 Å². The van der Waals surface area contributed by atoms with Crippen LogP contribution in [0.4, 0.5) is 0 Å².